The second-order valence-corrected chi connectivity index (χ2v) is 6.88. The third kappa shape index (κ3) is 2.94. The quantitative estimate of drug-likeness (QED) is 0.915. The molecule has 7 heteroatoms. The Morgan fingerprint density at radius 3 is 3.12 bits per heavy atom. The van der Waals surface area contributed by atoms with Crippen LogP contribution in [0.15, 0.2) is 18.3 Å². The summed E-state index contributed by atoms with van der Waals surface area (Å²) in [5.74, 6) is 1.58. The number of pyridine rings is 1. The molecule has 3 heterocycles. The maximum absolute atomic E-state index is 12.8. The zero-order valence-electron chi connectivity index (χ0n) is 14.7. The van der Waals surface area contributed by atoms with Gasteiger partial charge in [-0.3, -0.25) is 9.89 Å². The van der Waals surface area contributed by atoms with Crippen molar-refractivity contribution in [1.82, 2.24) is 20.1 Å². The highest BCUT2D eigenvalue weighted by Crippen LogP contribution is 2.28. The van der Waals surface area contributed by atoms with Gasteiger partial charge in [-0.25, -0.2) is 4.98 Å². The van der Waals surface area contributed by atoms with E-state index in [2.05, 4.69) is 15.2 Å². The van der Waals surface area contributed by atoms with Crippen molar-refractivity contribution in [2.75, 3.05) is 32.1 Å². The van der Waals surface area contributed by atoms with Gasteiger partial charge in [-0.15, -0.1) is 0 Å². The summed E-state index contributed by atoms with van der Waals surface area (Å²) in [7, 11) is 3.88. The number of aryl methyl sites for hydroxylation is 1. The number of amides is 1. The molecule has 2 aromatic rings. The van der Waals surface area contributed by atoms with Gasteiger partial charge in [0.05, 0.1) is 6.54 Å². The third-order valence-electron chi connectivity index (χ3n) is 4.91. The maximum atomic E-state index is 12.8. The molecule has 7 nitrogen and oxygen atoms in total. The molecule has 0 radical (unpaired) electrons. The Balaban J connectivity index is 1.44. The van der Waals surface area contributed by atoms with Gasteiger partial charge in [0.2, 0.25) is 0 Å². The summed E-state index contributed by atoms with van der Waals surface area (Å²) in [4.78, 5) is 21.0. The number of aromatic amines is 1. The summed E-state index contributed by atoms with van der Waals surface area (Å²) in [6, 6.07) is 3.79. The molecule has 132 valence electrons. The van der Waals surface area contributed by atoms with Gasteiger partial charge in [-0.05, 0) is 31.4 Å². The van der Waals surface area contributed by atoms with E-state index < -0.39 is 0 Å². The molecule has 0 saturated carbocycles. The first-order chi connectivity index (χ1) is 12.1. The monoisotopic (exact) mass is 341 g/mol. The molecule has 1 atom stereocenters. The Bertz CT molecular complexity index is 786. The summed E-state index contributed by atoms with van der Waals surface area (Å²) in [6.45, 7) is 1.28. The minimum atomic E-state index is -0.0150. The van der Waals surface area contributed by atoms with Crippen LogP contribution in [0.5, 0.6) is 5.75 Å². The maximum Gasteiger partial charge on any atom is 0.274 e. The topological polar surface area (TPSA) is 74.3 Å². The molecule has 1 unspecified atom stereocenters. The third-order valence-corrected chi connectivity index (χ3v) is 4.91. The minimum absolute atomic E-state index is 0.0150. The molecular formula is C18H23N5O2. The standard InChI is InChI=1S/C18H23N5O2/c1-22(2)17-15(7-4-9-19-17)25-12-8-10-23(11-12)18(24)16-13-5-3-6-14(13)20-21-16/h4,7,9,12H,3,5-6,8,10-11H2,1-2H3,(H,20,21). The zero-order valence-corrected chi connectivity index (χ0v) is 14.7. The fourth-order valence-corrected chi connectivity index (χ4v) is 3.64. The second kappa shape index (κ2) is 6.38. The molecule has 25 heavy (non-hydrogen) atoms. The van der Waals surface area contributed by atoms with E-state index in [1.807, 2.05) is 36.0 Å². The molecule has 1 aliphatic heterocycles. The summed E-state index contributed by atoms with van der Waals surface area (Å²) in [5.41, 5.74) is 2.83. The fraction of sp³-hybridized carbons (Fsp3) is 0.500. The normalized spacial score (nSPS) is 19.1. The van der Waals surface area contributed by atoms with E-state index in [1.165, 1.54) is 0 Å². The molecule has 1 N–H and O–H groups in total. The number of anilines is 1. The van der Waals surface area contributed by atoms with Crippen LogP contribution < -0.4 is 9.64 Å². The van der Waals surface area contributed by atoms with Gasteiger partial charge in [0.15, 0.2) is 17.3 Å². The number of H-pyrrole nitrogens is 1. The highest BCUT2D eigenvalue weighted by molar-refractivity contribution is 5.94. The minimum Gasteiger partial charge on any atom is -0.485 e. The van der Waals surface area contributed by atoms with Gasteiger partial charge in [0.1, 0.15) is 6.10 Å². The summed E-state index contributed by atoms with van der Waals surface area (Å²) < 4.78 is 6.13. The molecule has 1 aliphatic carbocycles. The van der Waals surface area contributed by atoms with Crippen molar-refractivity contribution in [1.29, 1.82) is 0 Å². The SMILES string of the molecule is CN(C)c1ncccc1OC1CCN(C(=O)c2n[nH]c3c2CCC3)C1. The summed E-state index contributed by atoms with van der Waals surface area (Å²) in [5, 5.41) is 7.27. The molecule has 0 aromatic carbocycles. The number of hydrogen-bond donors (Lipinski definition) is 1. The number of nitrogens with zero attached hydrogens (tertiary/aromatic N) is 4. The van der Waals surface area contributed by atoms with E-state index in [1.54, 1.807) is 6.20 Å². The number of aromatic nitrogens is 3. The number of fused-ring (bicyclic) bond motifs is 1. The Hall–Kier alpha value is -2.57. The lowest BCUT2D eigenvalue weighted by Gasteiger charge is -2.20. The molecule has 1 fully saturated rings. The Kier molecular flexibility index (Phi) is 4.07. The van der Waals surface area contributed by atoms with Gasteiger partial charge < -0.3 is 14.5 Å². The highest BCUT2D eigenvalue weighted by atomic mass is 16.5. The number of likely N-dealkylation sites (tertiary alicyclic amines) is 1. The van der Waals surface area contributed by atoms with Crippen LogP contribution >= 0.6 is 0 Å². The van der Waals surface area contributed by atoms with Crippen molar-refractivity contribution in [3.8, 4) is 5.75 Å². The number of ether oxygens (including phenoxy) is 1. The predicted octanol–water partition coefficient (Wildman–Crippen LogP) is 1.65. The molecule has 0 bridgehead atoms. The molecular weight excluding hydrogens is 318 g/mol. The zero-order chi connectivity index (χ0) is 17.4. The molecule has 0 spiro atoms. The van der Waals surface area contributed by atoms with Crippen molar-refractivity contribution in [2.45, 2.75) is 31.8 Å². The van der Waals surface area contributed by atoms with Crippen molar-refractivity contribution in [3.05, 3.63) is 35.3 Å². The lowest BCUT2D eigenvalue weighted by Crippen LogP contribution is -2.32. The molecule has 1 saturated heterocycles. The van der Waals surface area contributed by atoms with Gasteiger partial charge in [0, 0.05) is 44.5 Å². The number of carbonyl (C=O) groups is 1. The number of hydrogen-bond acceptors (Lipinski definition) is 5. The highest BCUT2D eigenvalue weighted by Gasteiger charge is 2.32. The molecule has 2 aromatic heterocycles. The Morgan fingerprint density at radius 2 is 2.28 bits per heavy atom. The van der Waals surface area contributed by atoms with E-state index >= 15 is 0 Å². The first-order valence-electron chi connectivity index (χ1n) is 8.78. The van der Waals surface area contributed by atoms with Gasteiger partial charge in [-0.2, -0.15) is 5.10 Å². The Labute approximate surface area is 147 Å². The number of rotatable bonds is 4. The average Bonchev–Trinajstić information content (AvgIpc) is 3.31. The van der Waals surface area contributed by atoms with Crippen LogP contribution in [0, 0.1) is 0 Å². The second-order valence-electron chi connectivity index (χ2n) is 6.88. The van der Waals surface area contributed by atoms with Crippen LogP contribution in [0.25, 0.3) is 0 Å². The lowest BCUT2D eigenvalue weighted by atomic mass is 10.2. The smallest absolute Gasteiger partial charge is 0.274 e. The first-order valence-corrected chi connectivity index (χ1v) is 8.78. The van der Waals surface area contributed by atoms with Crippen molar-refractivity contribution >= 4 is 11.7 Å². The van der Waals surface area contributed by atoms with E-state index in [9.17, 15) is 4.79 Å². The largest absolute Gasteiger partial charge is 0.485 e. The van der Waals surface area contributed by atoms with Crippen LogP contribution in [0.3, 0.4) is 0 Å². The van der Waals surface area contributed by atoms with Crippen LogP contribution in [0.4, 0.5) is 5.82 Å². The van der Waals surface area contributed by atoms with E-state index in [-0.39, 0.29) is 12.0 Å². The van der Waals surface area contributed by atoms with Gasteiger partial charge in [-0.1, -0.05) is 0 Å². The van der Waals surface area contributed by atoms with Crippen molar-refractivity contribution in [3.63, 3.8) is 0 Å². The van der Waals surface area contributed by atoms with Crippen molar-refractivity contribution in [2.24, 2.45) is 0 Å². The fourth-order valence-electron chi connectivity index (χ4n) is 3.64. The van der Waals surface area contributed by atoms with Crippen LogP contribution in [-0.2, 0) is 12.8 Å². The molecule has 1 amide bonds. The lowest BCUT2D eigenvalue weighted by molar-refractivity contribution is 0.0765. The van der Waals surface area contributed by atoms with Gasteiger partial charge in [0.25, 0.3) is 5.91 Å². The molecule has 2 aliphatic rings. The first kappa shape index (κ1) is 15.9. The van der Waals surface area contributed by atoms with Gasteiger partial charge >= 0.3 is 0 Å². The van der Waals surface area contributed by atoms with Crippen LogP contribution in [-0.4, -0.2) is 59.3 Å². The molecule has 4 rings (SSSR count). The van der Waals surface area contributed by atoms with Crippen LogP contribution in [0.2, 0.25) is 0 Å². The average molecular weight is 341 g/mol. The van der Waals surface area contributed by atoms with E-state index in [4.69, 9.17) is 4.74 Å². The van der Waals surface area contributed by atoms with E-state index in [0.29, 0.717) is 18.8 Å². The number of nitrogens with one attached hydrogen (secondary N) is 1. The Morgan fingerprint density at radius 1 is 1.40 bits per heavy atom. The predicted molar refractivity (Wildman–Crippen MR) is 94.1 cm³/mol. The van der Waals surface area contributed by atoms with Crippen molar-refractivity contribution < 1.29 is 9.53 Å². The number of carbonyl (C=O) groups excluding carboxylic acids is 1. The summed E-state index contributed by atoms with van der Waals surface area (Å²) >= 11 is 0. The van der Waals surface area contributed by atoms with Crippen LogP contribution in [0.1, 0.15) is 34.6 Å². The van der Waals surface area contributed by atoms with E-state index in [0.717, 1.165) is 48.5 Å². The summed E-state index contributed by atoms with van der Waals surface area (Å²) in [6.07, 6.45) is 5.60.